The third-order valence-corrected chi connectivity index (χ3v) is 12.5. The molecule has 0 bridgehead atoms. The van der Waals surface area contributed by atoms with Gasteiger partial charge in [0.05, 0.1) is 24.2 Å². The molecule has 288 valence electrons. The number of likely N-dealkylation sites (N-methyl/N-ethyl adjacent to an activating group) is 1. The Labute approximate surface area is 300 Å². The molecule has 2 unspecified atom stereocenters. The van der Waals surface area contributed by atoms with E-state index >= 15 is 0 Å². The van der Waals surface area contributed by atoms with Crippen molar-refractivity contribution in [2.24, 2.45) is 23.7 Å². The minimum atomic E-state index is -1.12. The third kappa shape index (κ3) is 8.75. The zero-order valence-corrected chi connectivity index (χ0v) is 32.6. The molecule has 0 aromatic heterocycles. The molecule has 2 N–H and O–H groups in total. The molecule has 4 fully saturated rings. The Kier molecular flexibility index (Phi) is 14.0. The average Bonchev–Trinajstić information content (AvgIpc) is 3.41. The van der Waals surface area contributed by atoms with Crippen molar-refractivity contribution in [3.05, 3.63) is 0 Å². The lowest BCUT2D eigenvalue weighted by Crippen LogP contribution is -2.61. The molecule has 0 amide bonds. The van der Waals surface area contributed by atoms with E-state index < -0.39 is 53.6 Å². The molecule has 4 aliphatic heterocycles. The summed E-state index contributed by atoms with van der Waals surface area (Å²) in [4.78, 5) is 45.2. The number of carbonyl (C=O) groups is 3. The van der Waals surface area contributed by atoms with Crippen LogP contribution in [0.2, 0.25) is 0 Å². The Hall–Kier alpha value is -1.67. The molecule has 0 aromatic carbocycles. The van der Waals surface area contributed by atoms with E-state index in [1.165, 1.54) is 6.42 Å². The Morgan fingerprint density at radius 2 is 1.74 bits per heavy atom. The molecule has 4 saturated heterocycles. The molecular formula is C38H67N3O9. The number of likely N-dealkylation sites (tertiary alicyclic amines) is 1. The first-order valence-electron chi connectivity index (χ1n) is 19.1. The first-order valence-corrected chi connectivity index (χ1v) is 19.1. The van der Waals surface area contributed by atoms with Gasteiger partial charge in [-0.05, 0) is 106 Å². The quantitative estimate of drug-likeness (QED) is 0.296. The molecule has 4 heterocycles. The summed E-state index contributed by atoms with van der Waals surface area (Å²) in [5.41, 5.74) is -2.05. The van der Waals surface area contributed by atoms with Crippen LogP contribution in [0.3, 0.4) is 0 Å². The lowest BCUT2D eigenvalue weighted by molar-refractivity contribution is -0.303. The molecular weight excluding hydrogens is 642 g/mol. The monoisotopic (exact) mass is 709 g/mol. The second kappa shape index (κ2) is 17.0. The summed E-state index contributed by atoms with van der Waals surface area (Å²) in [5.74, 6) is -3.48. The van der Waals surface area contributed by atoms with Crippen molar-refractivity contribution in [3.8, 4) is 0 Å². The van der Waals surface area contributed by atoms with E-state index in [-0.39, 0.29) is 54.2 Å². The van der Waals surface area contributed by atoms with Crippen molar-refractivity contribution >= 4 is 17.7 Å². The maximum absolute atomic E-state index is 14.3. The summed E-state index contributed by atoms with van der Waals surface area (Å²) in [5, 5.41) is 15.4. The van der Waals surface area contributed by atoms with Gasteiger partial charge >= 0.3 is 11.9 Å². The first kappa shape index (κ1) is 41.1. The predicted octanol–water partition coefficient (Wildman–Crippen LogP) is 3.56. The van der Waals surface area contributed by atoms with Crippen LogP contribution in [0.4, 0.5) is 0 Å². The largest absolute Gasteiger partial charge is 0.458 e. The van der Waals surface area contributed by atoms with Gasteiger partial charge in [-0.1, -0.05) is 27.2 Å². The standard InChI is InChI=1S/C38H67N3O9/c1-12-30-38(8)27(18-31(42)50-38)25(5)39-21-22(2)20-37(7,46-11)34(23(3)32(43)24(4)35(45)48-30)49-36-33(44)28(40(9)10)19-29(47-36)26(6)41-16-14-13-15-17-41/h22-30,33-34,36,39,44H,12-21H2,1-11H3/t22-,23+,24?,25-,26-,27-,28?,29+,30-,33-,34-,36+,37-,38+/m1/s1. The zero-order chi connectivity index (χ0) is 37.1. The molecule has 12 heteroatoms. The number of nitrogens with zero attached hydrogens (tertiary/aromatic N) is 2. The molecule has 0 saturated carbocycles. The number of cyclic esters (lactones) is 1. The summed E-state index contributed by atoms with van der Waals surface area (Å²) in [6.45, 7) is 17.9. The van der Waals surface area contributed by atoms with E-state index in [0.717, 1.165) is 25.9 Å². The molecule has 50 heavy (non-hydrogen) atoms. The highest BCUT2D eigenvalue weighted by Crippen LogP contribution is 2.42. The fraction of sp³-hybridized carbons (Fsp3) is 0.921. The molecule has 0 aliphatic carbocycles. The van der Waals surface area contributed by atoms with Crippen LogP contribution in [0.25, 0.3) is 0 Å². The highest BCUT2D eigenvalue weighted by molar-refractivity contribution is 6.00. The molecule has 0 aromatic rings. The highest BCUT2D eigenvalue weighted by atomic mass is 16.7. The van der Waals surface area contributed by atoms with Crippen LogP contribution in [-0.4, -0.2) is 134 Å². The topological polar surface area (TPSA) is 136 Å². The van der Waals surface area contributed by atoms with Gasteiger partial charge in [-0.15, -0.1) is 0 Å². The van der Waals surface area contributed by atoms with Crippen LogP contribution >= 0.6 is 0 Å². The molecule has 0 radical (unpaired) electrons. The van der Waals surface area contributed by atoms with Gasteiger partial charge in [0.2, 0.25) is 0 Å². The summed E-state index contributed by atoms with van der Waals surface area (Å²) in [7, 11) is 5.52. The zero-order valence-electron chi connectivity index (χ0n) is 32.6. The minimum absolute atomic E-state index is 0.0566. The van der Waals surface area contributed by atoms with Crippen LogP contribution < -0.4 is 5.32 Å². The predicted molar refractivity (Wildman–Crippen MR) is 189 cm³/mol. The second-order valence-electron chi connectivity index (χ2n) is 16.4. The summed E-state index contributed by atoms with van der Waals surface area (Å²) in [6, 6.07) is -0.238. The summed E-state index contributed by atoms with van der Waals surface area (Å²) < 4.78 is 31.7. The maximum atomic E-state index is 14.3. The van der Waals surface area contributed by atoms with Crippen LogP contribution in [0.5, 0.6) is 0 Å². The van der Waals surface area contributed by atoms with Crippen molar-refractivity contribution in [2.75, 3.05) is 40.8 Å². The molecule has 12 nitrogen and oxygen atoms in total. The number of aliphatic hydroxyl groups is 1. The lowest BCUT2D eigenvalue weighted by atomic mass is 9.78. The van der Waals surface area contributed by atoms with E-state index in [0.29, 0.717) is 25.8 Å². The third-order valence-electron chi connectivity index (χ3n) is 12.5. The number of ketones is 1. The van der Waals surface area contributed by atoms with E-state index in [1.807, 2.05) is 46.7 Å². The van der Waals surface area contributed by atoms with E-state index in [1.54, 1.807) is 21.0 Å². The Morgan fingerprint density at radius 3 is 2.34 bits per heavy atom. The number of nitrogens with one attached hydrogen (secondary N) is 1. The van der Waals surface area contributed by atoms with E-state index in [4.69, 9.17) is 23.7 Å². The van der Waals surface area contributed by atoms with Crippen molar-refractivity contribution in [1.82, 2.24) is 15.1 Å². The lowest BCUT2D eigenvalue weighted by Gasteiger charge is -2.49. The van der Waals surface area contributed by atoms with Crippen LogP contribution in [0, 0.1) is 23.7 Å². The number of methoxy groups -OCH3 is 1. The number of piperidine rings is 1. The second-order valence-corrected chi connectivity index (χ2v) is 16.4. The fourth-order valence-electron chi connectivity index (χ4n) is 9.14. The number of aliphatic hydroxyl groups excluding tert-OH is 1. The van der Waals surface area contributed by atoms with Crippen molar-refractivity contribution in [3.63, 3.8) is 0 Å². The highest BCUT2D eigenvalue weighted by Gasteiger charge is 2.55. The van der Waals surface area contributed by atoms with Crippen LogP contribution in [-0.2, 0) is 38.1 Å². The van der Waals surface area contributed by atoms with Gasteiger partial charge in [0.1, 0.15) is 18.1 Å². The van der Waals surface area contributed by atoms with E-state index in [2.05, 4.69) is 24.1 Å². The number of rotatable bonds is 7. The number of carbonyl (C=O) groups excluding carboxylic acids is 3. The Bertz CT molecular complexity index is 1170. The Balaban J connectivity index is 1.69. The van der Waals surface area contributed by atoms with Crippen molar-refractivity contribution in [2.45, 2.75) is 160 Å². The first-order chi connectivity index (χ1) is 23.5. The fourth-order valence-corrected chi connectivity index (χ4v) is 9.14. The smallest absolute Gasteiger partial charge is 0.316 e. The van der Waals surface area contributed by atoms with Crippen molar-refractivity contribution in [1.29, 1.82) is 0 Å². The minimum Gasteiger partial charge on any atom is -0.458 e. The Morgan fingerprint density at radius 1 is 1.08 bits per heavy atom. The number of Topliss-reactive ketones (excluding diaryl/α,β-unsaturated/α-hetero) is 1. The molecule has 4 aliphatic rings. The number of ether oxygens (including phenoxy) is 5. The average molecular weight is 710 g/mol. The number of hydrogen-bond acceptors (Lipinski definition) is 12. The van der Waals surface area contributed by atoms with Gasteiger partial charge < -0.3 is 39.0 Å². The molecule has 0 spiro atoms. The number of esters is 2. The van der Waals surface area contributed by atoms with Gasteiger partial charge in [0.15, 0.2) is 17.7 Å². The van der Waals surface area contributed by atoms with Gasteiger partial charge in [-0.3, -0.25) is 19.3 Å². The summed E-state index contributed by atoms with van der Waals surface area (Å²) in [6.07, 6.45) is 1.51. The van der Waals surface area contributed by atoms with Gasteiger partial charge in [0.25, 0.3) is 0 Å². The maximum Gasteiger partial charge on any atom is 0.316 e. The van der Waals surface area contributed by atoms with Gasteiger partial charge in [-0.25, -0.2) is 0 Å². The van der Waals surface area contributed by atoms with Gasteiger partial charge in [-0.2, -0.15) is 0 Å². The van der Waals surface area contributed by atoms with E-state index in [9.17, 15) is 19.5 Å². The number of fused-ring (bicyclic) bond motifs is 1. The van der Waals surface area contributed by atoms with Gasteiger partial charge in [0, 0.05) is 37.1 Å². The molecule has 14 atom stereocenters. The normalized spacial score (nSPS) is 43.8. The molecule has 4 rings (SSSR count). The SMILES string of the molecule is CC[C@H]1OC(=O)C(C)C(=O)[C@H](C)[C@@H](O[C@@H]2O[C@H]([C@@H](C)N3CCCCC3)CC(N(C)C)[C@H]2O)[C@](C)(OC)C[C@@H](C)CN[C@H](C)[C@H]2CC(=O)O[C@@]21C. The van der Waals surface area contributed by atoms with Crippen molar-refractivity contribution < 1.29 is 43.2 Å². The van der Waals surface area contributed by atoms with Crippen LogP contribution in [0.1, 0.15) is 100 Å². The van der Waals surface area contributed by atoms with Crippen LogP contribution in [0.15, 0.2) is 0 Å². The number of hydrogen-bond donors (Lipinski definition) is 2. The summed E-state index contributed by atoms with van der Waals surface area (Å²) >= 11 is 0.